The van der Waals surface area contributed by atoms with Crippen LogP contribution in [-0.4, -0.2) is 105 Å². The van der Waals surface area contributed by atoms with E-state index >= 15 is 14.4 Å². The molecule has 6 atom stereocenters. The quantitative estimate of drug-likeness (QED) is 0.0395. The van der Waals surface area contributed by atoms with Gasteiger partial charge in [-0.25, -0.2) is 14.7 Å². The number of aromatic nitrogens is 1. The van der Waals surface area contributed by atoms with Crippen molar-refractivity contribution in [2.75, 3.05) is 58.0 Å². The van der Waals surface area contributed by atoms with E-state index in [9.17, 15) is 19.5 Å². The topological polar surface area (TPSA) is 209 Å². The molecule has 0 aliphatic carbocycles. The molecule has 2 N–H and O–H groups in total. The van der Waals surface area contributed by atoms with Crippen LogP contribution in [0.2, 0.25) is 0 Å². The Kier molecular flexibility index (Phi) is 14.4. The van der Waals surface area contributed by atoms with Gasteiger partial charge in [0, 0.05) is 19.1 Å². The minimum atomic E-state index is -2.22. The number of nitrogens with zero attached hydrogens (tertiary/aromatic N) is 3. The van der Waals surface area contributed by atoms with Crippen molar-refractivity contribution < 1.29 is 62.3 Å². The van der Waals surface area contributed by atoms with Crippen molar-refractivity contribution in [3.63, 3.8) is 0 Å². The summed E-state index contributed by atoms with van der Waals surface area (Å²) in [5.74, 6) is -1.11. The minimum absolute atomic E-state index is 0.00375. The molecule has 0 saturated carbocycles. The highest BCUT2D eigenvalue weighted by Crippen LogP contribution is 2.66. The highest BCUT2D eigenvalue weighted by atomic mass is 32.1. The zero-order valence-electron chi connectivity index (χ0n) is 39.2. The molecule has 1 spiro atoms. The molecule has 0 radical (unpaired) electrons. The van der Waals surface area contributed by atoms with Crippen LogP contribution in [0.4, 0.5) is 15.6 Å². The zero-order valence-corrected chi connectivity index (χ0v) is 40.0. The summed E-state index contributed by atoms with van der Waals surface area (Å²) < 4.78 is 33.9. The van der Waals surface area contributed by atoms with E-state index in [0.29, 0.717) is 28.0 Å². The van der Waals surface area contributed by atoms with Gasteiger partial charge in [-0.2, -0.15) is 0 Å². The number of imide groups is 1. The summed E-state index contributed by atoms with van der Waals surface area (Å²) in [7, 11) is 3.70. The number of hydrogen-bond acceptors (Lipinski definition) is 16. The van der Waals surface area contributed by atoms with E-state index in [1.165, 1.54) is 24.5 Å². The van der Waals surface area contributed by atoms with E-state index in [1.54, 1.807) is 42.5 Å². The summed E-state index contributed by atoms with van der Waals surface area (Å²) in [4.78, 5) is 95.2. The van der Waals surface area contributed by atoms with Crippen molar-refractivity contribution in [3.8, 4) is 17.6 Å². The van der Waals surface area contributed by atoms with Gasteiger partial charge in [0.2, 0.25) is 11.8 Å². The number of rotatable bonds is 14. The third-order valence-corrected chi connectivity index (χ3v) is 14.0. The maximum absolute atomic E-state index is 16.5. The summed E-state index contributed by atoms with van der Waals surface area (Å²) in [6, 6.07) is 33.4. The number of cyclic esters (lactones) is 1. The molecule has 6 aromatic rings. The fourth-order valence-electron chi connectivity index (χ4n) is 10.1. The van der Waals surface area contributed by atoms with Crippen LogP contribution in [0.5, 0.6) is 5.75 Å². The second kappa shape index (κ2) is 21.2. The van der Waals surface area contributed by atoms with Crippen LogP contribution in [0.1, 0.15) is 52.4 Å². The smallest absolute Gasteiger partial charge is 0.421 e. The van der Waals surface area contributed by atoms with E-state index in [2.05, 4.69) is 17.2 Å². The molecule has 2 saturated heterocycles. The Bertz CT molecular complexity index is 3050. The summed E-state index contributed by atoms with van der Waals surface area (Å²) in [6.45, 7) is -0.629. The lowest BCUT2D eigenvalue weighted by atomic mass is 9.65. The molecule has 18 heteroatoms. The first kappa shape index (κ1) is 49.0. The van der Waals surface area contributed by atoms with Crippen LogP contribution in [0, 0.1) is 23.7 Å². The normalized spacial score (nSPS) is 21.1. The third-order valence-electron chi connectivity index (χ3n) is 13.0. The number of fused-ring (bicyclic) bond motifs is 4. The summed E-state index contributed by atoms with van der Waals surface area (Å²) in [5, 5.41) is 13.0. The highest BCUT2D eigenvalue weighted by molar-refractivity contribution is 7.22. The first-order chi connectivity index (χ1) is 35.0. The Morgan fingerprint density at radius 2 is 1.50 bits per heavy atom. The van der Waals surface area contributed by atoms with Crippen molar-refractivity contribution in [2.24, 2.45) is 11.8 Å². The van der Waals surface area contributed by atoms with Gasteiger partial charge in [0.25, 0.3) is 0 Å². The van der Waals surface area contributed by atoms with Crippen molar-refractivity contribution >= 4 is 68.2 Å². The van der Waals surface area contributed by atoms with Gasteiger partial charge in [0.15, 0.2) is 11.0 Å². The number of morpholine rings is 1. The number of aliphatic hydroxyl groups is 1. The number of hydrogen-bond donors (Lipinski definition) is 2. The Balaban J connectivity index is 1.35. The summed E-state index contributed by atoms with van der Waals surface area (Å²) in [6.07, 6.45) is -2.39. The molecule has 4 heterocycles. The molecule has 3 amide bonds. The van der Waals surface area contributed by atoms with Crippen LogP contribution in [-0.2, 0) is 53.1 Å². The molecule has 9 rings (SSSR count). The Morgan fingerprint density at radius 3 is 2.19 bits per heavy atom. The number of thiazole rings is 1. The average Bonchev–Trinajstić information content (AvgIpc) is 4.05. The third kappa shape index (κ3) is 8.92. The number of amides is 3. The molecule has 368 valence electrons. The van der Waals surface area contributed by atoms with E-state index in [4.69, 9.17) is 33.4 Å². The van der Waals surface area contributed by atoms with Crippen molar-refractivity contribution in [3.05, 3.63) is 155 Å². The molecule has 17 nitrogen and oxygen atoms in total. The van der Waals surface area contributed by atoms with Crippen LogP contribution >= 0.6 is 11.3 Å². The number of anilines is 2. The van der Waals surface area contributed by atoms with Gasteiger partial charge in [-0.15, -0.1) is 0 Å². The second-order valence-electron chi connectivity index (χ2n) is 17.0. The van der Waals surface area contributed by atoms with Crippen LogP contribution in [0.25, 0.3) is 10.2 Å². The SMILES string of the molecule is COCCOC(=O)N1C(=O)C2(c3cc(C#CCC(C(=O)OC)C(=O)OC)ccc31)C(C(=O)Nc1nc3ccccc3s1)C1C(=O)OC(c3ccccc3)C(c3ccccc3)N1C2c1cccc(OCCO)c1. The number of esters is 3. The standard InChI is InChI=1S/C54H48N4O13S/c1-66-28-29-70-53(65)57-40-25-24-32(14-12-21-37(48(61)67-2)49(62)68-3)30-38(40)54(51(57)64)42(47(60)56-52-55-39-22-10-11-23-41(39)72-52)44-50(63)71-45(34-17-8-5-9-18-34)43(33-15-6-4-7-16-33)58(44)46(54)35-19-13-20-36(31-35)69-27-26-59/h4-11,13,15-20,22-25,30-31,37,42-46,59H,21,26-29H2,1-3H3,(H,55,56,60). The van der Waals surface area contributed by atoms with Crippen LogP contribution < -0.4 is 15.0 Å². The molecular formula is C54H48N4O13S. The van der Waals surface area contributed by atoms with Crippen molar-refractivity contribution in [2.45, 2.75) is 36.1 Å². The molecule has 0 bridgehead atoms. The number of para-hydroxylation sites is 1. The molecule has 72 heavy (non-hydrogen) atoms. The van der Waals surface area contributed by atoms with Crippen LogP contribution in [0.3, 0.4) is 0 Å². The van der Waals surface area contributed by atoms with Gasteiger partial charge in [0.1, 0.15) is 36.5 Å². The molecule has 3 aliphatic heterocycles. The van der Waals surface area contributed by atoms with Crippen molar-refractivity contribution in [1.82, 2.24) is 9.88 Å². The van der Waals surface area contributed by atoms with E-state index in [-0.39, 0.29) is 54.8 Å². The predicted molar refractivity (Wildman–Crippen MR) is 261 cm³/mol. The number of ether oxygens (including phenoxy) is 6. The number of carbonyl (C=O) groups is 6. The van der Waals surface area contributed by atoms with Gasteiger partial charge >= 0.3 is 24.0 Å². The van der Waals surface area contributed by atoms with Crippen molar-refractivity contribution in [1.29, 1.82) is 0 Å². The number of aliphatic hydroxyl groups excluding tert-OH is 1. The lowest BCUT2D eigenvalue weighted by molar-refractivity contribution is -0.178. The molecule has 2 fully saturated rings. The molecule has 3 aliphatic rings. The van der Waals surface area contributed by atoms with E-state index in [1.807, 2.05) is 83.8 Å². The second-order valence-corrected chi connectivity index (χ2v) is 18.0. The Hall–Kier alpha value is -7.95. The number of nitrogens with one attached hydrogen (secondary N) is 1. The maximum atomic E-state index is 16.5. The molecule has 1 aromatic heterocycles. The molecule has 5 aromatic carbocycles. The largest absolute Gasteiger partial charge is 0.491 e. The van der Waals surface area contributed by atoms with Gasteiger partial charge in [0.05, 0.1) is 61.3 Å². The predicted octanol–water partition coefficient (Wildman–Crippen LogP) is 6.46. The summed E-state index contributed by atoms with van der Waals surface area (Å²) in [5.41, 5.74) is 0.505. The fourth-order valence-corrected chi connectivity index (χ4v) is 11.0. The zero-order chi connectivity index (χ0) is 50.5. The first-order valence-corrected chi connectivity index (χ1v) is 23.7. The fraction of sp³-hybridized carbons (Fsp3) is 0.278. The monoisotopic (exact) mass is 992 g/mol. The Labute approximate surface area is 417 Å². The van der Waals surface area contributed by atoms with E-state index < -0.39 is 77.3 Å². The number of methoxy groups -OCH3 is 3. The minimum Gasteiger partial charge on any atom is -0.491 e. The van der Waals surface area contributed by atoms with E-state index in [0.717, 1.165) is 23.8 Å². The van der Waals surface area contributed by atoms with Gasteiger partial charge in [-0.05, 0) is 64.7 Å². The maximum Gasteiger partial charge on any atom is 0.421 e. The van der Waals surface area contributed by atoms with Gasteiger partial charge in [-0.3, -0.25) is 28.9 Å². The lowest BCUT2D eigenvalue weighted by Crippen LogP contribution is -2.54. The van der Waals surface area contributed by atoms with Crippen LogP contribution in [0.15, 0.2) is 127 Å². The van der Waals surface area contributed by atoms with Gasteiger partial charge < -0.3 is 38.8 Å². The number of benzene rings is 5. The Morgan fingerprint density at radius 1 is 0.806 bits per heavy atom. The molecule has 6 unspecified atom stereocenters. The number of carbonyl (C=O) groups excluding carboxylic acids is 6. The molecular weight excluding hydrogens is 945 g/mol. The highest BCUT2D eigenvalue weighted by Gasteiger charge is 2.76. The summed E-state index contributed by atoms with van der Waals surface area (Å²) >= 11 is 1.20. The average molecular weight is 993 g/mol. The lowest BCUT2D eigenvalue weighted by Gasteiger charge is -2.46. The van der Waals surface area contributed by atoms with Gasteiger partial charge in [-0.1, -0.05) is 108 Å². The first-order valence-electron chi connectivity index (χ1n) is 22.9.